The van der Waals surface area contributed by atoms with E-state index >= 15 is 0 Å². The normalized spacial score (nSPS) is 12.6. The summed E-state index contributed by atoms with van der Waals surface area (Å²) in [5.41, 5.74) is 3.05. The van der Waals surface area contributed by atoms with E-state index in [0.717, 1.165) is 25.3 Å². The van der Waals surface area contributed by atoms with Gasteiger partial charge in [-0.2, -0.15) is 0 Å². The third kappa shape index (κ3) is 4.49. The third-order valence-corrected chi connectivity index (χ3v) is 12.5. The molecule has 0 fully saturated rings. The van der Waals surface area contributed by atoms with Crippen LogP contribution in [0.1, 0.15) is 53.8 Å². The van der Waals surface area contributed by atoms with E-state index in [1.54, 1.807) is 0 Å². The second kappa shape index (κ2) is 9.27. The first kappa shape index (κ1) is 21.8. The molecule has 0 bridgehead atoms. The van der Waals surface area contributed by atoms with Crippen LogP contribution >= 0.6 is 0 Å². The first-order chi connectivity index (χ1) is 13.9. The largest absolute Gasteiger partial charge is 0.416 e. The van der Waals surface area contributed by atoms with Crippen molar-refractivity contribution in [2.45, 2.75) is 71.0 Å². The van der Waals surface area contributed by atoms with Gasteiger partial charge >= 0.3 is 0 Å². The molecule has 0 aliphatic heterocycles. The average Bonchev–Trinajstić information content (AvgIpc) is 3.15. The second-order valence-corrected chi connectivity index (χ2v) is 14.5. The predicted molar refractivity (Wildman–Crippen MR) is 126 cm³/mol. The maximum atomic E-state index is 6.72. The first-order valence-corrected chi connectivity index (χ1v) is 13.2. The van der Waals surface area contributed by atoms with E-state index in [1.807, 2.05) is 6.20 Å². The van der Waals surface area contributed by atoms with Gasteiger partial charge < -0.3 is 8.99 Å². The number of hydrogen-bond acceptors (Lipinski definition) is 2. The summed E-state index contributed by atoms with van der Waals surface area (Å²) < 4.78 is 8.93. The van der Waals surface area contributed by atoms with Gasteiger partial charge in [0.1, 0.15) is 5.82 Å². The van der Waals surface area contributed by atoms with Crippen molar-refractivity contribution < 1.29 is 4.43 Å². The van der Waals surface area contributed by atoms with Crippen LogP contribution in [0.4, 0.5) is 0 Å². The lowest BCUT2D eigenvalue weighted by atomic mass is 10.1. The number of nitrogens with zero attached hydrogens (tertiary/aromatic N) is 2. The number of fused-ring (bicyclic) bond motifs is 1. The predicted octanol–water partition coefficient (Wildman–Crippen LogP) is 7.15. The van der Waals surface area contributed by atoms with Gasteiger partial charge in [-0.15, -0.1) is 0 Å². The van der Waals surface area contributed by atoms with E-state index in [0.29, 0.717) is 16.6 Å². The summed E-state index contributed by atoms with van der Waals surface area (Å²) in [7, 11) is -1.78. The molecule has 156 valence electrons. The van der Waals surface area contributed by atoms with Crippen molar-refractivity contribution in [3.8, 4) is 5.69 Å². The summed E-state index contributed by atoms with van der Waals surface area (Å²) in [6.45, 7) is 14.9. The molecule has 2 aromatic carbocycles. The monoisotopic (exact) mass is 408 g/mol. The number of imidazole rings is 1. The van der Waals surface area contributed by atoms with Crippen LogP contribution in [-0.4, -0.2) is 24.5 Å². The SMILES string of the molecule is CC(C)[Si](OCCCc1nccn1-c1ccc2ccccc2c1)(C(C)C)C(C)C. The van der Waals surface area contributed by atoms with Crippen LogP contribution in [0.2, 0.25) is 16.6 Å². The molecule has 0 amide bonds. The highest BCUT2D eigenvalue weighted by molar-refractivity contribution is 6.77. The molecule has 3 nitrogen and oxygen atoms in total. The molecule has 0 aliphatic rings. The molecule has 3 rings (SSSR count). The third-order valence-electron chi connectivity index (χ3n) is 6.33. The quantitative estimate of drug-likeness (QED) is 0.278. The molecule has 1 heterocycles. The topological polar surface area (TPSA) is 27.1 Å². The Hall–Kier alpha value is -1.91. The maximum absolute atomic E-state index is 6.72. The van der Waals surface area contributed by atoms with Gasteiger partial charge in [-0.05, 0) is 45.9 Å². The Morgan fingerprint density at radius 3 is 2.21 bits per heavy atom. The highest BCUT2D eigenvalue weighted by atomic mass is 28.4. The lowest BCUT2D eigenvalue weighted by Gasteiger charge is -2.42. The van der Waals surface area contributed by atoms with Crippen molar-refractivity contribution in [2.24, 2.45) is 0 Å². The smallest absolute Gasteiger partial charge is 0.200 e. The summed E-state index contributed by atoms with van der Waals surface area (Å²) in [6, 6.07) is 15.1. The number of hydrogen-bond donors (Lipinski definition) is 0. The summed E-state index contributed by atoms with van der Waals surface area (Å²) in [6.07, 6.45) is 5.90. The Balaban J connectivity index is 1.69. The first-order valence-electron chi connectivity index (χ1n) is 11.0. The zero-order valence-corrected chi connectivity index (χ0v) is 19.9. The minimum Gasteiger partial charge on any atom is -0.416 e. The number of aromatic nitrogens is 2. The second-order valence-electron chi connectivity index (χ2n) is 9.01. The van der Waals surface area contributed by atoms with Crippen LogP contribution in [0, 0.1) is 0 Å². The van der Waals surface area contributed by atoms with Gasteiger partial charge in [0.15, 0.2) is 8.32 Å². The molecule has 29 heavy (non-hydrogen) atoms. The van der Waals surface area contributed by atoms with Crippen molar-refractivity contribution in [1.29, 1.82) is 0 Å². The van der Waals surface area contributed by atoms with Gasteiger partial charge in [0, 0.05) is 31.1 Å². The number of benzene rings is 2. The number of aryl methyl sites for hydroxylation is 1. The summed E-state index contributed by atoms with van der Waals surface area (Å²) >= 11 is 0. The molecule has 1 aromatic heterocycles. The lowest BCUT2D eigenvalue weighted by molar-refractivity contribution is 0.271. The molecule has 4 heteroatoms. The van der Waals surface area contributed by atoms with E-state index in [-0.39, 0.29) is 0 Å². The van der Waals surface area contributed by atoms with Crippen molar-refractivity contribution in [1.82, 2.24) is 9.55 Å². The molecular formula is C25H36N2OSi. The molecule has 0 aliphatic carbocycles. The van der Waals surface area contributed by atoms with E-state index in [2.05, 4.69) is 99.8 Å². The van der Waals surface area contributed by atoms with Crippen molar-refractivity contribution in [2.75, 3.05) is 6.61 Å². The van der Waals surface area contributed by atoms with E-state index in [1.165, 1.54) is 16.5 Å². The Kier molecular flexibility index (Phi) is 6.96. The fourth-order valence-corrected chi connectivity index (χ4v) is 10.6. The average molecular weight is 409 g/mol. The molecule has 0 saturated heterocycles. The van der Waals surface area contributed by atoms with Gasteiger partial charge in [0.25, 0.3) is 0 Å². The van der Waals surface area contributed by atoms with Crippen molar-refractivity contribution >= 4 is 19.1 Å². The lowest BCUT2D eigenvalue weighted by Crippen LogP contribution is -2.48. The highest BCUT2D eigenvalue weighted by Crippen LogP contribution is 2.42. The van der Waals surface area contributed by atoms with Gasteiger partial charge in [0.05, 0.1) is 0 Å². The van der Waals surface area contributed by atoms with E-state index < -0.39 is 8.32 Å². The fraction of sp³-hybridized carbons (Fsp3) is 0.480. The minimum absolute atomic E-state index is 0.627. The summed E-state index contributed by atoms with van der Waals surface area (Å²) in [5.74, 6) is 1.11. The van der Waals surface area contributed by atoms with Crippen molar-refractivity contribution in [3.63, 3.8) is 0 Å². The van der Waals surface area contributed by atoms with Crippen LogP contribution < -0.4 is 0 Å². The number of rotatable bonds is 9. The van der Waals surface area contributed by atoms with Crippen LogP contribution in [0.25, 0.3) is 16.5 Å². The molecular weight excluding hydrogens is 372 g/mol. The fourth-order valence-electron chi connectivity index (χ4n) is 5.06. The molecule has 0 saturated carbocycles. The molecule has 0 atom stereocenters. The Morgan fingerprint density at radius 1 is 0.897 bits per heavy atom. The van der Waals surface area contributed by atoms with Crippen LogP contribution in [0.15, 0.2) is 54.9 Å². The van der Waals surface area contributed by atoms with Crippen LogP contribution in [0.5, 0.6) is 0 Å². The van der Waals surface area contributed by atoms with Crippen LogP contribution in [-0.2, 0) is 10.8 Å². The molecule has 0 unspecified atom stereocenters. The van der Waals surface area contributed by atoms with Gasteiger partial charge in [-0.3, -0.25) is 0 Å². The molecule has 3 aromatic rings. The maximum Gasteiger partial charge on any atom is 0.200 e. The van der Waals surface area contributed by atoms with Gasteiger partial charge in [-0.1, -0.05) is 71.9 Å². The molecule has 0 radical (unpaired) electrons. The highest BCUT2D eigenvalue weighted by Gasteiger charge is 2.44. The van der Waals surface area contributed by atoms with E-state index in [4.69, 9.17) is 4.43 Å². The van der Waals surface area contributed by atoms with Gasteiger partial charge in [-0.25, -0.2) is 4.98 Å². The Bertz CT molecular complexity index is 907. The Morgan fingerprint density at radius 2 is 1.55 bits per heavy atom. The standard InChI is InChI=1S/C25H36N2OSi/c1-19(2)29(20(3)4,21(5)6)28-17-9-12-25-26-15-16-27(25)24-14-13-22-10-7-8-11-23(22)18-24/h7-8,10-11,13-16,18-21H,9,12,17H2,1-6H3. The molecule has 0 N–H and O–H groups in total. The zero-order valence-electron chi connectivity index (χ0n) is 18.9. The van der Waals surface area contributed by atoms with Crippen LogP contribution in [0.3, 0.4) is 0 Å². The van der Waals surface area contributed by atoms with E-state index in [9.17, 15) is 0 Å². The minimum atomic E-state index is -1.78. The Labute approximate surface area is 177 Å². The zero-order chi connectivity index (χ0) is 21.0. The summed E-state index contributed by atoms with van der Waals surface area (Å²) in [5, 5.41) is 2.53. The van der Waals surface area contributed by atoms with Crippen molar-refractivity contribution in [3.05, 3.63) is 60.7 Å². The molecule has 0 spiro atoms. The summed E-state index contributed by atoms with van der Waals surface area (Å²) in [4.78, 5) is 4.63. The van der Waals surface area contributed by atoms with Gasteiger partial charge in [0.2, 0.25) is 0 Å².